The molecule has 1 aliphatic heterocycles. The number of nitrogens with zero attached hydrogens (tertiary/aromatic N) is 1. The van der Waals surface area contributed by atoms with E-state index >= 15 is 0 Å². The molecule has 114 valence electrons. The summed E-state index contributed by atoms with van der Waals surface area (Å²) in [5.74, 6) is 1.74. The van der Waals surface area contributed by atoms with E-state index in [1.165, 1.54) is 38.6 Å². The molecular formula is C17H24N2OS. The smallest absolute Gasteiger partial charge is 0.129 e. The monoisotopic (exact) mass is 304 g/mol. The second-order valence-corrected chi connectivity index (χ2v) is 6.59. The molecule has 2 unspecified atom stereocenters. The maximum atomic E-state index is 5.94. The SMILES string of the molecule is NC(=S)c1ccccc1OCCN1CCCC2CCCC21. The topological polar surface area (TPSA) is 38.5 Å². The Kier molecular flexibility index (Phi) is 4.76. The van der Waals surface area contributed by atoms with Gasteiger partial charge < -0.3 is 10.5 Å². The van der Waals surface area contributed by atoms with Gasteiger partial charge in [0.1, 0.15) is 17.3 Å². The lowest BCUT2D eigenvalue weighted by atomic mass is 9.92. The summed E-state index contributed by atoms with van der Waals surface area (Å²) in [6.07, 6.45) is 6.95. The van der Waals surface area contributed by atoms with E-state index in [0.29, 0.717) is 11.6 Å². The lowest BCUT2D eigenvalue weighted by Crippen LogP contribution is -2.44. The van der Waals surface area contributed by atoms with Crippen molar-refractivity contribution in [1.29, 1.82) is 0 Å². The summed E-state index contributed by atoms with van der Waals surface area (Å²) in [6, 6.07) is 8.57. The van der Waals surface area contributed by atoms with E-state index in [4.69, 9.17) is 22.7 Å². The predicted molar refractivity (Wildman–Crippen MR) is 89.8 cm³/mol. The van der Waals surface area contributed by atoms with Crippen LogP contribution in [0, 0.1) is 5.92 Å². The Hall–Kier alpha value is -1.13. The first-order valence-corrected chi connectivity index (χ1v) is 8.42. The molecule has 3 nitrogen and oxygen atoms in total. The van der Waals surface area contributed by atoms with Gasteiger partial charge in [-0.05, 0) is 50.3 Å². The Balaban J connectivity index is 1.55. The first kappa shape index (κ1) is 14.8. The standard InChI is InChI=1S/C17H24N2OS/c18-17(21)14-7-1-2-9-16(14)20-12-11-19-10-4-6-13-5-3-8-15(13)19/h1-2,7,9,13,15H,3-6,8,10-12H2,(H2,18,21). The van der Waals surface area contributed by atoms with Gasteiger partial charge in [0.15, 0.2) is 0 Å². The van der Waals surface area contributed by atoms with Crippen molar-refractivity contribution in [1.82, 2.24) is 4.90 Å². The Labute approximate surface area is 132 Å². The summed E-state index contributed by atoms with van der Waals surface area (Å²) in [5, 5.41) is 0. The fraction of sp³-hybridized carbons (Fsp3) is 0.588. The van der Waals surface area contributed by atoms with Crippen molar-refractivity contribution in [2.45, 2.75) is 38.1 Å². The summed E-state index contributed by atoms with van der Waals surface area (Å²) in [7, 11) is 0. The van der Waals surface area contributed by atoms with Crippen molar-refractivity contribution >= 4 is 17.2 Å². The molecule has 1 saturated carbocycles. The molecule has 1 aliphatic carbocycles. The van der Waals surface area contributed by atoms with Crippen molar-refractivity contribution in [3.63, 3.8) is 0 Å². The van der Waals surface area contributed by atoms with Crippen molar-refractivity contribution in [3.05, 3.63) is 29.8 Å². The van der Waals surface area contributed by atoms with Gasteiger partial charge in [0.05, 0.1) is 5.56 Å². The highest BCUT2D eigenvalue weighted by Crippen LogP contribution is 2.36. The van der Waals surface area contributed by atoms with Crippen LogP contribution in [0.1, 0.15) is 37.7 Å². The summed E-state index contributed by atoms with van der Waals surface area (Å²) in [6.45, 7) is 2.94. The molecule has 2 aliphatic rings. The molecule has 4 heteroatoms. The van der Waals surface area contributed by atoms with Crippen molar-refractivity contribution in [2.75, 3.05) is 19.7 Å². The van der Waals surface area contributed by atoms with E-state index in [-0.39, 0.29) is 0 Å². The summed E-state index contributed by atoms with van der Waals surface area (Å²) < 4.78 is 5.94. The number of nitrogens with two attached hydrogens (primary N) is 1. The average Bonchev–Trinajstić information content (AvgIpc) is 2.97. The third-order valence-electron chi connectivity index (χ3n) is 4.90. The number of piperidine rings is 1. The molecule has 0 radical (unpaired) electrons. The van der Waals surface area contributed by atoms with E-state index in [0.717, 1.165) is 29.8 Å². The largest absolute Gasteiger partial charge is 0.492 e. The van der Waals surface area contributed by atoms with E-state index < -0.39 is 0 Å². The molecule has 2 N–H and O–H groups in total. The normalized spacial score (nSPS) is 25.5. The van der Waals surface area contributed by atoms with Crippen molar-refractivity contribution < 1.29 is 4.74 Å². The molecule has 0 spiro atoms. The molecule has 3 rings (SSSR count). The minimum absolute atomic E-state index is 0.402. The minimum Gasteiger partial charge on any atom is -0.492 e. The van der Waals surface area contributed by atoms with E-state index in [2.05, 4.69) is 4.90 Å². The summed E-state index contributed by atoms with van der Waals surface area (Å²) in [5.41, 5.74) is 6.58. The zero-order valence-corrected chi connectivity index (χ0v) is 13.3. The van der Waals surface area contributed by atoms with E-state index in [9.17, 15) is 0 Å². The number of benzene rings is 1. The van der Waals surface area contributed by atoms with Crippen LogP contribution in [-0.2, 0) is 0 Å². The van der Waals surface area contributed by atoms with Gasteiger partial charge in [0, 0.05) is 12.6 Å². The molecule has 1 saturated heterocycles. The van der Waals surface area contributed by atoms with Gasteiger partial charge in [0.25, 0.3) is 0 Å². The average molecular weight is 304 g/mol. The van der Waals surface area contributed by atoms with Crippen molar-refractivity contribution in [2.24, 2.45) is 11.7 Å². The minimum atomic E-state index is 0.402. The van der Waals surface area contributed by atoms with E-state index in [1.54, 1.807) is 0 Å². The maximum absolute atomic E-state index is 5.94. The molecule has 1 aromatic carbocycles. The Morgan fingerprint density at radius 3 is 2.90 bits per heavy atom. The number of para-hydroxylation sites is 1. The second kappa shape index (κ2) is 6.75. The van der Waals surface area contributed by atoms with Gasteiger partial charge in [-0.15, -0.1) is 0 Å². The number of rotatable bonds is 5. The highest BCUT2D eigenvalue weighted by molar-refractivity contribution is 7.80. The maximum Gasteiger partial charge on any atom is 0.129 e. The fourth-order valence-corrected chi connectivity index (χ4v) is 4.07. The van der Waals surface area contributed by atoms with Gasteiger partial charge in [-0.2, -0.15) is 0 Å². The molecule has 21 heavy (non-hydrogen) atoms. The summed E-state index contributed by atoms with van der Waals surface area (Å²) >= 11 is 5.07. The zero-order valence-electron chi connectivity index (χ0n) is 12.5. The highest BCUT2D eigenvalue weighted by Gasteiger charge is 2.34. The number of fused-ring (bicyclic) bond motifs is 1. The molecular weight excluding hydrogens is 280 g/mol. The van der Waals surface area contributed by atoms with Gasteiger partial charge in [-0.1, -0.05) is 30.8 Å². The van der Waals surface area contributed by atoms with Crippen LogP contribution in [0.5, 0.6) is 5.75 Å². The van der Waals surface area contributed by atoms with Crippen LogP contribution in [-0.4, -0.2) is 35.6 Å². The summed E-state index contributed by atoms with van der Waals surface area (Å²) in [4.78, 5) is 3.03. The predicted octanol–water partition coefficient (Wildman–Crippen LogP) is 2.96. The molecule has 0 aromatic heterocycles. The Bertz CT molecular complexity index is 505. The Morgan fingerprint density at radius 1 is 1.24 bits per heavy atom. The van der Waals surface area contributed by atoms with Crippen LogP contribution >= 0.6 is 12.2 Å². The number of thiocarbonyl (C=S) groups is 1. The van der Waals surface area contributed by atoms with Gasteiger partial charge in [-0.3, -0.25) is 4.90 Å². The van der Waals surface area contributed by atoms with E-state index in [1.807, 2.05) is 24.3 Å². The van der Waals surface area contributed by atoms with Crippen LogP contribution in [0.15, 0.2) is 24.3 Å². The van der Waals surface area contributed by atoms with Crippen LogP contribution in [0.3, 0.4) is 0 Å². The first-order valence-electron chi connectivity index (χ1n) is 8.01. The van der Waals surface area contributed by atoms with Gasteiger partial charge in [-0.25, -0.2) is 0 Å². The van der Waals surface area contributed by atoms with Crippen LogP contribution in [0.4, 0.5) is 0 Å². The number of likely N-dealkylation sites (tertiary alicyclic amines) is 1. The van der Waals surface area contributed by atoms with Gasteiger partial charge in [0.2, 0.25) is 0 Å². The third-order valence-corrected chi connectivity index (χ3v) is 5.12. The lowest BCUT2D eigenvalue weighted by molar-refractivity contribution is 0.0951. The number of hydrogen-bond acceptors (Lipinski definition) is 3. The molecule has 1 aromatic rings. The fourth-order valence-electron chi connectivity index (χ4n) is 3.90. The molecule has 1 heterocycles. The zero-order chi connectivity index (χ0) is 14.7. The molecule has 2 atom stereocenters. The quantitative estimate of drug-likeness (QED) is 0.849. The van der Waals surface area contributed by atoms with Crippen LogP contribution < -0.4 is 10.5 Å². The number of hydrogen-bond donors (Lipinski definition) is 1. The van der Waals surface area contributed by atoms with Gasteiger partial charge >= 0.3 is 0 Å². The Morgan fingerprint density at radius 2 is 2.05 bits per heavy atom. The van der Waals surface area contributed by atoms with Crippen molar-refractivity contribution in [3.8, 4) is 5.75 Å². The molecule has 0 amide bonds. The third kappa shape index (κ3) is 3.38. The highest BCUT2D eigenvalue weighted by atomic mass is 32.1. The van der Waals surface area contributed by atoms with Crippen LogP contribution in [0.2, 0.25) is 0 Å². The first-order chi connectivity index (χ1) is 10.3. The second-order valence-electron chi connectivity index (χ2n) is 6.15. The molecule has 2 fully saturated rings. The number of ether oxygens (including phenoxy) is 1. The lowest BCUT2D eigenvalue weighted by Gasteiger charge is -2.37. The van der Waals surface area contributed by atoms with Crippen LogP contribution in [0.25, 0.3) is 0 Å². The molecule has 0 bridgehead atoms.